The summed E-state index contributed by atoms with van der Waals surface area (Å²) in [5.41, 5.74) is 2.37. The summed E-state index contributed by atoms with van der Waals surface area (Å²) in [6.45, 7) is 2.07. The molecule has 1 N–H and O–H groups in total. The van der Waals surface area contributed by atoms with E-state index in [0.717, 1.165) is 4.34 Å². The highest BCUT2D eigenvalue weighted by molar-refractivity contribution is 7.16. The number of thiophene rings is 1. The molecule has 1 atom stereocenters. The fourth-order valence-electron chi connectivity index (χ4n) is 1.73. The number of nitrogens with one attached hydrogen (secondary N) is 1. The van der Waals surface area contributed by atoms with Gasteiger partial charge >= 0.3 is 0 Å². The molecule has 0 aliphatic heterocycles. The molecule has 0 amide bonds. The predicted octanol–water partition coefficient (Wildman–Crippen LogP) is 2.75. The van der Waals surface area contributed by atoms with Gasteiger partial charge in [-0.2, -0.15) is 5.10 Å². The fraction of sp³-hybridized carbons (Fsp3) is 0.364. The number of halogens is 1. The van der Waals surface area contributed by atoms with Gasteiger partial charge in [-0.15, -0.1) is 11.3 Å². The number of hydrogen-bond donors (Lipinski definition) is 1. The van der Waals surface area contributed by atoms with Crippen LogP contribution in [0.4, 0.5) is 0 Å². The van der Waals surface area contributed by atoms with E-state index in [1.165, 1.54) is 16.1 Å². The van der Waals surface area contributed by atoms with Gasteiger partial charge in [0.25, 0.3) is 0 Å². The number of hydrogen-bond acceptors (Lipinski definition) is 3. The summed E-state index contributed by atoms with van der Waals surface area (Å²) in [5.74, 6) is 0. The lowest BCUT2D eigenvalue weighted by atomic mass is 10.1. The molecular weight excluding hydrogens is 242 g/mol. The summed E-state index contributed by atoms with van der Waals surface area (Å²) in [6.07, 6.45) is 1.91. The summed E-state index contributed by atoms with van der Waals surface area (Å²) < 4.78 is 2.70. The van der Waals surface area contributed by atoms with Gasteiger partial charge in [0.1, 0.15) is 0 Å². The van der Waals surface area contributed by atoms with Gasteiger partial charge in [0.05, 0.1) is 16.6 Å². The Balaban J connectivity index is 2.40. The number of nitrogens with zero attached hydrogens (tertiary/aromatic N) is 2. The lowest BCUT2D eigenvalue weighted by Crippen LogP contribution is -2.17. The molecule has 0 aliphatic carbocycles. The van der Waals surface area contributed by atoms with Gasteiger partial charge in [0.15, 0.2) is 0 Å². The van der Waals surface area contributed by atoms with Crippen molar-refractivity contribution >= 4 is 22.9 Å². The minimum absolute atomic E-state index is 0.172. The molecule has 0 radical (unpaired) electrons. The minimum atomic E-state index is 0.172. The molecule has 86 valence electrons. The van der Waals surface area contributed by atoms with E-state index in [0.29, 0.717) is 0 Å². The maximum Gasteiger partial charge on any atom is 0.0931 e. The summed E-state index contributed by atoms with van der Waals surface area (Å²) in [6, 6.07) is 4.16. The van der Waals surface area contributed by atoms with Crippen LogP contribution in [0.5, 0.6) is 0 Å². The molecule has 5 heteroatoms. The molecule has 2 rings (SSSR count). The van der Waals surface area contributed by atoms with Gasteiger partial charge in [-0.1, -0.05) is 11.6 Å². The fourth-order valence-corrected chi connectivity index (χ4v) is 2.92. The number of rotatable bonds is 3. The molecule has 0 aliphatic rings. The molecule has 0 saturated carbocycles. The van der Waals surface area contributed by atoms with Crippen LogP contribution in [0.25, 0.3) is 0 Å². The van der Waals surface area contributed by atoms with Gasteiger partial charge < -0.3 is 5.32 Å². The Hall–Kier alpha value is -0.840. The Morgan fingerprint density at radius 1 is 1.50 bits per heavy atom. The Morgan fingerprint density at radius 3 is 2.69 bits per heavy atom. The van der Waals surface area contributed by atoms with E-state index in [1.807, 2.05) is 31.0 Å². The van der Waals surface area contributed by atoms with Gasteiger partial charge in [-0.05, 0) is 26.1 Å². The normalized spacial score (nSPS) is 13.0. The molecule has 16 heavy (non-hydrogen) atoms. The van der Waals surface area contributed by atoms with E-state index in [4.69, 9.17) is 11.6 Å². The molecule has 3 nitrogen and oxygen atoms in total. The third-order valence-corrected chi connectivity index (χ3v) is 4.05. The second-order valence-corrected chi connectivity index (χ2v) is 5.42. The van der Waals surface area contributed by atoms with Crippen LogP contribution in [-0.4, -0.2) is 16.8 Å². The maximum absolute atomic E-state index is 5.96. The van der Waals surface area contributed by atoms with Crippen molar-refractivity contribution in [1.82, 2.24) is 15.1 Å². The van der Waals surface area contributed by atoms with E-state index in [9.17, 15) is 0 Å². The third-order valence-electron chi connectivity index (χ3n) is 2.75. The van der Waals surface area contributed by atoms with Gasteiger partial charge in [-0.3, -0.25) is 4.68 Å². The average molecular weight is 256 g/mol. The first kappa shape index (κ1) is 11.6. The Kier molecular flexibility index (Phi) is 3.33. The van der Waals surface area contributed by atoms with Crippen molar-refractivity contribution in [3.8, 4) is 0 Å². The Bertz CT molecular complexity index is 489. The zero-order valence-corrected chi connectivity index (χ0v) is 11.1. The van der Waals surface area contributed by atoms with Gasteiger partial charge in [0, 0.05) is 23.2 Å². The zero-order valence-electron chi connectivity index (χ0n) is 9.49. The van der Waals surface area contributed by atoms with E-state index in [2.05, 4.69) is 23.4 Å². The molecule has 1 unspecified atom stereocenters. The van der Waals surface area contributed by atoms with Crippen LogP contribution in [0.15, 0.2) is 18.3 Å². The minimum Gasteiger partial charge on any atom is -0.309 e. The van der Waals surface area contributed by atoms with Crippen LogP contribution in [0.1, 0.15) is 22.2 Å². The number of aromatic nitrogens is 2. The van der Waals surface area contributed by atoms with Crippen molar-refractivity contribution in [1.29, 1.82) is 0 Å². The molecule has 0 aromatic carbocycles. The lowest BCUT2D eigenvalue weighted by Gasteiger charge is -2.14. The van der Waals surface area contributed by atoms with E-state index >= 15 is 0 Å². The largest absolute Gasteiger partial charge is 0.309 e. The van der Waals surface area contributed by atoms with E-state index < -0.39 is 0 Å². The summed E-state index contributed by atoms with van der Waals surface area (Å²) in [5, 5.41) is 7.57. The van der Waals surface area contributed by atoms with Crippen LogP contribution in [-0.2, 0) is 7.05 Å². The monoisotopic (exact) mass is 255 g/mol. The molecule has 2 aromatic heterocycles. The lowest BCUT2D eigenvalue weighted by molar-refractivity contribution is 0.689. The molecule has 0 bridgehead atoms. The van der Waals surface area contributed by atoms with Crippen LogP contribution in [0, 0.1) is 6.92 Å². The third kappa shape index (κ3) is 2.00. The highest BCUT2D eigenvalue weighted by atomic mass is 35.5. The van der Waals surface area contributed by atoms with Crippen LogP contribution in [0.2, 0.25) is 4.34 Å². The van der Waals surface area contributed by atoms with Gasteiger partial charge in [0.2, 0.25) is 0 Å². The summed E-state index contributed by atoms with van der Waals surface area (Å²) in [4.78, 5) is 1.21. The van der Waals surface area contributed by atoms with Crippen molar-refractivity contribution in [2.24, 2.45) is 7.05 Å². The SMILES string of the molecule is CNC(c1ccc(Cl)s1)c1cnn(C)c1C. The molecule has 0 spiro atoms. The Morgan fingerprint density at radius 2 is 2.25 bits per heavy atom. The quantitative estimate of drug-likeness (QED) is 0.914. The smallest absolute Gasteiger partial charge is 0.0931 e. The first-order chi connectivity index (χ1) is 7.63. The highest BCUT2D eigenvalue weighted by Crippen LogP contribution is 2.31. The van der Waals surface area contributed by atoms with Crippen LogP contribution >= 0.6 is 22.9 Å². The Labute approximate surface area is 104 Å². The van der Waals surface area contributed by atoms with Gasteiger partial charge in [-0.25, -0.2) is 0 Å². The standard InChI is InChI=1S/C11H14ClN3S/c1-7-8(6-14-15(7)3)11(13-2)9-4-5-10(12)16-9/h4-6,11,13H,1-3H3. The topological polar surface area (TPSA) is 29.9 Å². The van der Waals surface area contributed by atoms with Crippen molar-refractivity contribution in [3.63, 3.8) is 0 Å². The highest BCUT2D eigenvalue weighted by Gasteiger charge is 2.18. The van der Waals surface area contributed by atoms with Crippen LogP contribution < -0.4 is 5.32 Å². The summed E-state index contributed by atoms with van der Waals surface area (Å²) >= 11 is 7.56. The molecular formula is C11H14ClN3S. The predicted molar refractivity (Wildman–Crippen MR) is 68.2 cm³/mol. The first-order valence-electron chi connectivity index (χ1n) is 5.04. The maximum atomic E-state index is 5.96. The average Bonchev–Trinajstić information content (AvgIpc) is 2.81. The van der Waals surface area contributed by atoms with Crippen molar-refractivity contribution in [2.75, 3.05) is 7.05 Å². The van der Waals surface area contributed by atoms with E-state index in [-0.39, 0.29) is 6.04 Å². The second kappa shape index (κ2) is 4.57. The number of aryl methyl sites for hydroxylation is 1. The zero-order chi connectivity index (χ0) is 11.7. The van der Waals surface area contributed by atoms with Crippen molar-refractivity contribution < 1.29 is 0 Å². The molecule has 2 heterocycles. The molecule has 0 saturated heterocycles. The van der Waals surface area contributed by atoms with E-state index in [1.54, 1.807) is 11.3 Å². The van der Waals surface area contributed by atoms with Crippen molar-refractivity contribution in [2.45, 2.75) is 13.0 Å². The first-order valence-corrected chi connectivity index (χ1v) is 6.24. The second-order valence-electron chi connectivity index (χ2n) is 3.67. The molecule has 2 aromatic rings. The molecule has 0 fully saturated rings. The van der Waals surface area contributed by atoms with Crippen LogP contribution in [0.3, 0.4) is 0 Å². The summed E-state index contributed by atoms with van der Waals surface area (Å²) in [7, 11) is 3.90. The van der Waals surface area contributed by atoms with Crippen molar-refractivity contribution in [3.05, 3.63) is 38.8 Å².